The molecule has 4 rings (SSSR count). The van der Waals surface area contributed by atoms with E-state index in [0.29, 0.717) is 16.5 Å². The van der Waals surface area contributed by atoms with Gasteiger partial charge in [0.25, 0.3) is 17.4 Å². The zero-order valence-electron chi connectivity index (χ0n) is 18.4. The Labute approximate surface area is 204 Å². The van der Waals surface area contributed by atoms with Crippen molar-refractivity contribution in [1.29, 1.82) is 0 Å². The van der Waals surface area contributed by atoms with Gasteiger partial charge in [-0.15, -0.1) is 0 Å². The average molecular weight is 490 g/mol. The molecule has 9 nitrogen and oxygen atoms in total. The van der Waals surface area contributed by atoms with Gasteiger partial charge in [0.05, 0.1) is 6.20 Å². The number of nitrogens with one attached hydrogen (secondary N) is 3. The van der Waals surface area contributed by atoms with E-state index in [2.05, 4.69) is 20.9 Å². The van der Waals surface area contributed by atoms with E-state index in [1.54, 1.807) is 48.5 Å². The van der Waals surface area contributed by atoms with E-state index in [4.69, 9.17) is 11.6 Å². The number of carbonyl (C=O) groups is 2. The molecule has 4 N–H and O–H groups in total. The van der Waals surface area contributed by atoms with Gasteiger partial charge in [-0.3, -0.25) is 24.8 Å². The molecule has 0 aliphatic carbocycles. The Morgan fingerprint density at radius 1 is 1.06 bits per heavy atom. The summed E-state index contributed by atoms with van der Waals surface area (Å²) < 4.78 is 0. The van der Waals surface area contributed by atoms with Crippen LogP contribution in [0.1, 0.15) is 15.9 Å². The summed E-state index contributed by atoms with van der Waals surface area (Å²) in [5.74, 6) is -1.32. The number of anilines is 1. The third-order valence-corrected chi connectivity index (χ3v) is 5.54. The second kappa shape index (κ2) is 10.1. The predicted molar refractivity (Wildman–Crippen MR) is 134 cm³/mol. The number of nitrogens with zero attached hydrogens (tertiary/aromatic N) is 2. The maximum absolute atomic E-state index is 13.3. The average Bonchev–Trinajstić information content (AvgIpc) is 2.87. The second-order valence-electron chi connectivity index (χ2n) is 7.50. The van der Waals surface area contributed by atoms with E-state index in [-0.39, 0.29) is 22.2 Å². The topological polar surface area (TPSA) is 127 Å². The van der Waals surface area contributed by atoms with Crippen molar-refractivity contribution in [3.05, 3.63) is 105 Å². The summed E-state index contributed by atoms with van der Waals surface area (Å²) in [4.78, 5) is 37.9. The van der Waals surface area contributed by atoms with Gasteiger partial charge in [0, 0.05) is 18.2 Å². The smallest absolute Gasteiger partial charge is 0.286 e. The van der Waals surface area contributed by atoms with E-state index in [9.17, 15) is 19.5 Å². The maximum atomic E-state index is 13.3. The molecule has 1 heterocycles. The van der Waals surface area contributed by atoms with Gasteiger partial charge in [-0.25, -0.2) is 5.10 Å². The fourth-order valence-corrected chi connectivity index (χ4v) is 3.62. The zero-order chi connectivity index (χ0) is 24.9. The Morgan fingerprint density at radius 2 is 1.77 bits per heavy atom. The molecule has 1 aromatic heterocycles. The van der Waals surface area contributed by atoms with Gasteiger partial charge in [0.15, 0.2) is 0 Å². The summed E-state index contributed by atoms with van der Waals surface area (Å²) in [5.41, 5.74) is 2.62. The molecule has 0 fully saturated rings. The fraction of sp³-hybridized carbons (Fsp3) is 0.0400. The van der Waals surface area contributed by atoms with Gasteiger partial charge < -0.3 is 10.4 Å². The number of amides is 2. The first-order chi connectivity index (χ1) is 16.8. The maximum Gasteiger partial charge on any atom is 0.286 e. The van der Waals surface area contributed by atoms with Gasteiger partial charge in [0.2, 0.25) is 0 Å². The molecule has 3 aromatic carbocycles. The van der Waals surface area contributed by atoms with Crippen LogP contribution < -0.4 is 21.3 Å². The fourth-order valence-electron chi connectivity index (χ4n) is 3.40. The number of aromatic hydroxyl groups is 1. The summed E-state index contributed by atoms with van der Waals surface area (Å²) in [7, 11) is 1.46. The quantitative estimate of drug-likeness (QED) is 0.243. The number of phenolic OH excluding ortho intramolecular Hbond substituents is 1. The van der Waals surface area contributed by atoms with Gasteiger partial charge in [-0.05, 0) is 35.0 Å². The lowest BCUT2D eigenvalue weighted by Crippen LogP contribution is -2.44. The predicted octanol–water partition coefficient (Wildman–Crippen LogP) is 3.22. The SMILES string of the molecule is CN(NC(=O)/C(=C/c1c(O)ccc2ccccc12)NC(=O)c1ccccc1)c1cn[nH]c(=O)c1Cl. The third-order valence-electron chi connectivity index (χ3n) is 5.17. The Hall–Kier alpha value is -4.63. The highest BCUT2D eigenvalue weighted by molar-refractivity contribution is 6.33. The van der Waals surface area contributed by atoms with E-state index >= 15 is 0 Å². The lowest BCUT2D eigenvalue weighted by atomic mass is 10.0. The molecule has 0 aliphatic rings. The Balaban J connectivity index is 1.74. The van der Waals surface area contributed by atoms with E-state index < -0.39 is 17.4 Å². The van der Waals surface area contributed by atoms with Crippen molar-refractivity contribution in [3.63, 3.8) is 0 Å². The first kappa shape index (κ1) is 23.5. The van der Waals surface area contributed by atoms with Gasteiger partial charge in [-0.1, -0.05) is 60.1 Å². The highest BCUT2D eigenvalue weighted by Crippen LogP contribution is 2.29. The van der Waals surface area contributed by atoms with Crippen LogP contribution in [0, 0.1) is 0 Å². The molecule has 0 aliphatic heterocycles. The highest BCUT2D eigenvalue weighted by atomic mass is 35.5. The minimum absolute atomic E-state index is 0.0712. The Kier molecular flexibility index (Phi) is 6.79. The van der Waals surface area contributed by atoms with Crippen LogP contribution in [-0.4, -0.2) is 34.2 Å². The number of hydrogen-bond donors (Lipinski definition) is 4. The molecular formula is C25H20ClN5O4. The molecule has 0 saturated carbocycles. The molecule has 0 spiro atoms. The molecule has 4 aromatic rings. The van der Waals surface area contributed by atoms with Crippen molar-refractivity contribution in [2.24, 2.45) is 0 Å². The number of rotatable bonds is 6. The van der Waals surface area contributed by atoms with Crippen molar-refractivity contribution in [2.75, 3.05) is 12.1 Å². The number of H-pyrrole nitrogens is 1. The lowest BCUT2D eigenvalue weighted by molar-refractivity contribution is -0.117. The summed E-state index contributed by atoms with van der Waals surface area (Å²) in [6, 6.07) is 19.0. The largest absolute Gasteiger partial charge is 0.507 e. The van der Waals surface area contributed by atoms with E-state index in [1.165, 1.54) is 30.4 Å². The van der Waals surface area contributed by atoms with Crippen LogP contribution in [0.25, 0.3) is 16.8 Å². The number of phenols is 1. The molecule has 0 bridgehead atoms. The van der Waals surface area contributed by atoms with E-state index in [1.807, 2.05) is 12.1 Å². The first-order valence-corrected chi connectivity index (χ1v) is 10.8. The van der Waals surface area contributed by atoms with Crippen molar-refractivity contribution in [3.8, 4) is 5.75 Å². The molecular weight excluding hydrogens is 470 g/mol. The van der Waals surface area contributed by atoms with Crippen molar-refractivity contribution in [2.45, 2.75) is 0 Å². The van der Waals surface area contributed by atoms with Crippen molar-refractivity contribution < 1.29 is 14.7 Å². The second-order valence-corrected chi connectivity index (χ2v) is 7.87. The number of halogens is 1. The summed E-state index contributed by atoms with van der Waals surface area (Å²) in [6.07, 6.45) is 2.66. The van der Waals surface area contributed by atoms with Crippen LogP contribution in [0.2, 0.25) is 5.02 Å². The number of benzene rings is 3. The lowest BCUT2D eigenvalue weighted by Gasteiger charge is -2.21. The van der Waals surface area contributed by atoms with Crippen molar-refractivity contribution >= 4 is 46.0 Å². The molecule has 0 saturated heterocycles. The van der Waals surface area contributed by atoms with Crippen LogP contribution in [0.5, 0.6) is 5.75 Å². The molecule has 0 unspecified atom stereocenters. The summed E-state index contributed by atoms with van der Waals surface area (Å²) in [6.45, 7) is 0. The molecule has 35 heavy (non-hydrogen) atoms. The van der Waals surface area contributed by atoms with Crippen molar-refractivity contribution in [1.82, 2.24) is 20.9 Å². The number of aromatic amines is 1. The normalized spacial score (nSPS) is 11.2. The van der Waals surface area contributed by atoms with Crippen LogP contribution in [-0.2, 0) is 4.79 Å². The monoisotopic (exact) mass is 489 g/mol. The van der Waals surface area contributed by atoms with Crippen LogP contribution in [0.4, 0.5) is 5.69 Å². The van der Waals surface area contributed by atoms with Gasteiger partial charge >= 0.3 is 0 Å². The molecule has 176 valence electrons. The molecule has 2 amide bonds. The third kappa shape index (κ3) is 5.15. The standard InChI is InChI=1S/C25H20ClN5O4/c1-31(20-14-27-29-25(35)22(20)26)30-24(34)19(28-23(33)16-8-3-2-4-9-16)13-18-17-10-6-5-7-15(17)11-12-21(18)32/h2-14,32H,1H3,(H,28,33)(H,29,35)(H,30,34)/b19-13-. The first-order valence-electron chi connectivity index (χ1n) is 10.4. The molecule has 0 radical (unpaired) electrons. The minimum atomic E-state index is -0.722. The molecule has 0 atom stereocenters. The van der Waals surface area contributed by atoms with Crippen LogP contribution in [0.3, 0.4) is 0 Å². The number of aromatic nitrogens is 2. The minimum Gasteiger partial charge on any atom is -0.507 e. The molecule has 10 heteroatoms. The summed E-state index contributed by atoms with van der Waals surface area (Å²) in [5, 5.41) is 21.6. The number of fused-ring (bicyclic) bond motifs is 1. The number of carbonyl (C=O) groups excluding carboxylic acids is 2. The Morgan fingerprint density at radius 3 is 2.54 bits per heavy atom. The Bertz CT molecular complexity index is 1500. The van der Waals surface area contributed by atoms with E-state index in [0.717, 1.165) is 5.39 Å². The van der Waals surface area contributed by atoms with Crippen LogP contribution >= 0.6 is 11.6 Å². The highest BCUT2D eigenvalue weighted by Gasteiger charge is 2.19. The van der Waals surface area contributed by atoms with Gasteiger partial charge in [-0.2, -0.15) is 5.10 Å². The van der Waals surface area contributed by atoms with Crippen LogP contribution in [0.15, 0.2) is 83.4 Å². The number of hydrogen-bond acceptors (Lipinski definition) is 6. The summed E-state index contributed by atoms with van der Waals surface area (Å²) >= 11 is 6.04. The van der Waals surface area contributed by atoms with Gasteiger partial charge in [0.1, 0.15) is 22.2 Å². The zero-order valence-corrected chi connectivity index (χ0v) is 19.2. The number of hydrazine groups is 1.